The quantitative estimate of drug-likeness (QED) is 0.175. The van der Waals surface area contributed by atoms with Gasteiger partial charge in [-0.2, -0.15) is 0 Å². The van der Waals surface area contributed by atoms with Gasteiger partial charge in [-0.15, -0.1) is 22.7 Å². The predicted octanol–water partition coefficient (Wildman–Crippen LogP) is 5.98. The van der Waals surface area contributed by atoms with E-state index in [0.717, 1.165) is 32.4 Å². The highest BCUT2D eigenvalue weighted by Gasteiger charge is 2.20. The molecule has 0 saturated carbocycles. The molecule has 0 aliphatic rings. The average molecular weight is 597 g/mol. The summed E-state index contributed by atoms with van der Waals surface area (Å²) in [5.74, 6) is 1.47. The highest BCUT2D eigenvalue weighted by Crippen LogP contribution is 2.17. The maximum absolute atomic E-state index is 13.1. The lowest BCUT2D eigenvalue weighted by atomic mass is 10.2. The summed E-state index contributed by atoms with van der Waals surface area (Å²) >= 11 is 2.85. The number of hydrogen-bond acceptors (Lipinski definition) is 10. The van der Waals surface area contributed by atoms with Crippen LogP contribution in [0.1, 0.15) is 27.3 Å². The molecule has 0 atom stereocenters. The van der Waals surface area contributed by atoms with Crippen LogP contribution in [0.4, 0.5) is 9.59 Å². The molecule has 2 amide bonds. The third-order valence-electron chi connectivity index (χ3n) is 6.08. The molecule has 0 radical (unpaired) electrons. The van der Waals surface area contributed by atoms with Gasteiger partial charge in [-0.1, -0.05) is 24.3 Å². The van der Waals surface area contributed by atoms with Crippen molar-refractivity contribution in [2.24, 2.45) is 0 Å². The zero-order valence-corrected chi connectivity index (χ0v) is 24.6. The number of benzene rings is 2. The first-order chi connectivity index (χ1) is 20.0. The third kappa shape index (κ3) is 9.47. The molecular formula is C29H32N4O6S2. The molecule has 0 unspecified atom stereocenters. The van der Waals surface area contributed by atoms with Crippen LogP contribution < -0.4 is 9.47 Å². The van der Waals surface area contributed by atoms with Crippen molar-refractivity contribution in [2.45, 2.75) is 32.7 Å². The van der Waals surface area contributed by atoms with Crippen LogP contribution in [-0.2, 0) is 35.8 Å². The van der Waals surface area contributed by atoms with Gasteiger partial charge in [-0.3, -0.25) is 9.97 Å². The van der Waals surface area contributed by atoms with Gasteiger partial charge in [0.15, 0.2) is 0 Å². The lowest BCUT2D eigenvalue weighted by molar-refractivity contribution is 0.0850. The third-order valence-corrected chi connectivity index (χ3v) is 7.59. The van der Waals surface area contributed by atoms with Gasteiger partial charge in [0, 0.05) is 38.6 Å². The van der Waals surface area contributed by atoms with E-state index in [1.54, 1.807) is 47.4 Å². The molecule has 0 N–H and O–H groups in total. The number of amides is 2. The van der Waals surface area contributed by atoms with Crippen LogP contribution in [0.5, 0.6) is 11.5 Å². The molecular weight excluding hydrogens is 564 g/mol. The summed E-state index contributed by atoms with van der Waals surface area (Å²) in [5.41, 5.74) is 5.26. The minimum Gasteiger partial charge on any atom is -0.497 e. The Labute approximate surface area is 247 Å². The Morgan fingerprint density at radius 2 is 1.10 bits per heavy atom. The molecule has 12 heteroatoms. The second-order valence-electron chi connectivity index (χ2n) is 8.94. The zero-order valence-electron chi connectivity index (χ0n) is 22.9. The summed E-state index contributed by atoms with van der Waals surface area (Å²) < 4.78 is 21.7. The van der Waals surface area contributed by atoms with E-state index in [2.05, 4.69) is 9.97 Å². The van der Waals surface area contributed by atoms with Crippen molar-refractivity contribution in [3.8, 4) is 11.5 Å². The van der Waals surface area contributed by atoms with Crippen molar-refractivity contribution >= 4 is 34.9 Å². The number of methoxy groups -OCH3 is 2. The van der Waals surface area contributed by atoms with E-state index in [1.807, 2.05) is 48.5 Å². The topological polar surface area (TPSA) is 103 Å². The highest BCUT2D eigenvalue weighted by atomic mass is 32.1. The molecule has 2 aromatic heterocycles. The molecule has 0 aliphatic carbocycles. The number of carbonyl (C=O) groups excluding carboxylic acids is 2. The molecule has 0 fully saturated rings. The Bertz CT molecular complexity index is 1230. The fourth-order valence-electron chi connectivity index (χ4n) is 3.90. The largest absolute Gasteiger partial charge is 0.497 e. The molecule has 4 aromatic rings. The minimum absolute atomic E-state index is 0.149. The number of rotatable bonds is 14. The molecule has 4 rings (SSSR count). The van der Waals surface area contributed by atoms with Gasteiger partial charge < -0.3 is 28.7 Å². The monoisotopic (exact) mass is 596 g/mol. The average Bonchev–Trinajstić information content (AvgIpc) is 3.73. The van der Waals surface area contributed by atoms with E-state index in [9.17, 15) is 9.59 Å². The lowest BCUT2D eigenvalue weighted by Crippen LogP contribution is -2.36. The number of nitrogens with zero attached hydrogens (tertiary/aromatic N) is 4. The molecule has 0 spiro atoms. The van der Waals surface area contributed by atoms with E-state index in [4.69, 9.17) is 18.9 Å². The smallest absolute Gasteiger partial charge is 0.410 e. The van der Waals surface area contributed by atoms with Crippen molar-refractivity contribution < 1.29 is 28.5 Å². The summed E-state index contributed by atoms with van der Waals surface area (Å²) in [4.78, 5) is 39.3. The fraction of sp³-hybridized carbons (Fsp3) is 0.310. The Hall–Kier alpha value is -4.16. The fourth-order valence-corrected chi connectivity index (χ4v) is 4.91. The summed E-state index contributed by atoms with van der Waals surface area (Å²) in [6.45, 7) is 1.73. The first-order valence-corrected chi connectivity index (χ1v) is 14.6. The SMILES string of the molecule is COc1ccc(CN(CCCN(Cc2ccc(OC)cc2)C(=O)OCc2cncs2)C(=O)OCc2cncs2)cc1. The second kappa shape index (κ2) is 15.6. The Morgan fingerprint density at radius 1 is 0.683 bits per heavy atom. The van der Waals surface area contributed by atoms with Crippen LogP contribution in [0.3, 0.4) is 0 Å². The number of thiazole rings is 2. The number of aromatic nitrogens is 2. The van der Waals surface area contributed by atoms with Gasteiger partial charge in [-0.25, -0.2) is 9.59 Å². The van der Waals surface area contributed by atoms with Crippen molar-refractivity contribution in [1.82, 2.24) is 19.8 Å². The lowest BCUT2D eigenvalue weighted by Gasteiger charge is -2.26. The van der Waals surface area contributed by atoms with Gasteiger partial charge >= 0.3 is 12.2 Å². The Morgan fingerprint density at radius 3 is 1.44 bits per heavy atom. The van der Waals surface area contributed by atoms with Crippen LogP contribution in [0.25, 0.3) is 0 Å². The second-order valence-corrected chi connectivity index (χ2v) is 10.9. The molecule has 10 nitrogen and oxygen atoms in total. The van der Waals surface area contributed by atoms with E-state index >= 15 is 0 Å². The van der Waals surface area contributed by atoms with Crippen molar-refractivity contribution in [3.63, 3.8) is 0 Å². The number of ether oxygens (including phenoxy) is 4. The highest BCUT2D eigenvalue weighted by molar-refractivity contribution is 7.09. The molecule has 0 aliphatic heterocycles. The van der Waals surface area contributed by atoms with Gasteiger partial charge in [0.25, 0.3) is 0 Å². The van der Waals surface area contributed by atoms with Gasteiger partial charge in [0.05, 0.1) is 35.0 Å². The van der Waals surface area contributed by atoms with E-state index < -0.39 is 12.2 Å². The van der Waals surface area contributed by atoms with Crippen LogP contribution in [0, 0.1) is 0 Å². The minimum atomic E-state index is -0.441. The van der Waals surface area contributed by atoms with Crippen molar-refractivity contribution in [1.29, 1.82) is 0 Å². The predicted molar refractivity (Wildman–Crippen MR) is 156 cm³/mol. The summed E-state index contributed by atoms with van der Waals surface area (Å²) in [6.07, 6.45) is 2.99. The van der Waals surface area contributed by atoms with E-state index in [0.29, 0.717) is 32.6 Å². The number of hydrogen-bond donors (Lipinski definition) is 0. The van der Waals surface area contributed by atoms with Crippen molar-refractivity contribution in [2.75, 3.05) is 27.3 Å². The Kier molecular flexibility index (Phi) is 11.3. The van der Waals surface area contributed by atoms with E-state index in [-0.39, 0.29) is 13.2 Å². The van der Waals surface area contributed by atoms with Gasteiger partial charge in [0.2, 0.25) is 0 Å². The maximum atomic E-state index is 13.1. The number of carbonyl (C=O) groups is 2. The summed E-state index contributed by atoms with van der Waals surface area (Å²) in [6, 6.07) is 15.1. The van der Waals surface area contributed by atoms with Gasteiger partial charge in [0.1, 0.15) is 24.7 Å². The van der Waals surface area contributed by atoms with Crippen molar-refractivity contribution in [3.05, 3.63) is 92.8 Å². The summed E-state index contributed by atoms with van der Waals surface area (Å²) in [5, 5.41) is 0. The van der Waals surface area contributed by atoms with Crippen LogP contribution in [0.15, 0.2) is 71.9 Å². The molecule has 41 heavy (non-hydrogen) atoms. The molecule has 2 heterocycles. The van der Waals surface area contributed by atoms with E-state index in [1.165, 1.54) is 22.7 Å². The van der Waals surface area contributed by atoms with Crippen LogP contribution in [-0.4, -0.2) is 59.3 Å². The molecule has 2 aromatic carbocycles. The zero-order chi connectivity index (χ0) is 28.9. The molecule has 216 valence electrons. The first kappa shape index (κ1) is 29.8. The molecule has 0 saturated heterocycles. The first-order valence-electron chi connectivity index (χ1n) is 12.9. The Balaban J connectivity index is 1.41. The molecule has 0 bridgehead atoms. The maximum Gasteiger partial charge on any atom is 0.410 e. The van der Waals surface area contributed by atoms with Crippen LogP contribution in [0.2, 0.25) is 0 Å². The van der Waals surface area contributed by atoms with Gasteiger partial charge in [-0.05, 0) is 41.8 Å². The summed E-state index contributed by atoms with van der Waals surface area (Å²) in [7, 11) is 3.22. The standard InChI is InChI=1S/C29H32N4O6S2/c1-36-24-8-4-22(5-9-24)16-32(28(34)38-18-26-14-30-20-40-26)12-3-13-33(17-23-6-10-25(37-2)11-7-23)29(35)39-19-27-15-31-21-41-27/h4-11,14-15,20-21H,3,12-13,16-19H2,1-2H3. The normalized spacial score (nSPS) is 10.6. The van der Waals surface area contributed by atoms with Crippen LogP contribution >= 0.6 is 22.7 Å².